The van der Waals surface area contributed by atoms with Crippen molar-refractivity contribution in [3.63, 3.8) is 0 Å². The summed E-state index contributed by atoms with van der Waals surface area (Å²) in [5, 5.41) is 11.5. The zero-order valence-electron chi connectivity index (χ0n) is 15.5. The van der Waals surface area contributed by atoms with Gasteiger partial charge in [0.2, 0.25) is 11.1 Å². The Morgan fingerprint density at radius 3 is 2.68 bits per heavy atom. The Morgan fingerprint density at radius 2 is 2.00 bits per heavy atom. The number of halogens is 1. The van der Waals surface area contributed by atoms with Gasteiger partial charge in [0, 0.05) is 10.0 Å². The average molecular weight is 462 g/mol. The van der Waals surface area contributed by atoms with E-state index in [1.807, 2.05) is 56.3 Å². The Morgan fingerprint density at radius 1 is 1.25 bits per heavy atom. The van der Waals surface area contributed by atoms with Gasteiger partial charge in [-0.25, -0.2) is 4.68 Å². The number of anilines is 1. The van der Waals surface area contributed by atoms with Crippen LogP contribution < -0.4 is 15.9 Å². The quantitative estimate of drug-likeness (QED) is 0.409. The van der Waals surface area contributed by atoms with E-state index < -0.39 is 0 Å². The van der Waals surface area contributed by atoms with Crippen LogP contribution in [0.3, 0.4) is 0 Å². The second kappa shape index (κ2) is 9.11. The predicted octanol–water partition coefficient (Wildman–Crippen LogP) is 3.86. The molecule has 0 unspecified atom stereocenters. The van der Waals surface area contributed by atoms with Crippen LogP contribution in [0.4, 0.5) is 5.69 Å². The third kappa shape index (κ3) is 4.85. The molecule has 3 N–H and O–H groups in total. The number of amides is 1. The molecule has 0 bridgehead atoms. The van der Waals surface area contributed by atoms with E-state index in [9.17, 15) is 4.79 Å². The zero-order valence-corrected chi connectivity index (χ0v) is 17.9. The van der Waals surface area contributed by atoms with E-state index in [0.29, 0.717) is 17.6 Å². The number of rotatable bonds is 7. The van der Waals surface area contributed by atoms with Gasteiger partial charge in [0.1, 0.15) is 5.75 Å². The van der Waals surface area contributed by atoms with Crippen LogP contribution in [0.5, 0.6) is 5.75 Å². The first-order valence-electron chi connectivity index (χ1n) is 8.60. The van der Waals surface area contributed by atoms with E-state index in [4.69, 9.17) is 10.6 Å². The number of carbonyl (C=O) groups is 1. The lowest BCUT2D eigenvalue weighted by atomic mass is 10.2. The van der Waals surface area contributed by atoms with Crippen LogP contribution in [0.1, 0.15) is 12.5 Å². The first-order chi connectivity index (χ1) is 13.5. The summed E-state index contributed by atoms with van der Waals surface area (Å²) in [4.78, 5) is 12.2. The molecule has 146 valence electrons. The maximum absolute atomic E-state index is 12.2. The smallest absolute Gasteiger partial charge is 0.234 e. The minimum absolute atomic E-state index is 0.153. The number of nitrogen functional groups attached to an aromatic ring is 1. The van der Waals surface area contributed by atoms with Crippen LogP contribution in [-0.4, -0.2) is 33.1 Å². The lowest BCUT2D eigenvalue weighted by molar-refractivity contribution is -0.113. The molecule has 0 saturated heterocycles. The SMILES string of the molecule is CCOc1ccc(-c2nnc(SCC(=O)Nc3ccc(C)cc3Br)n2N)cc1. The summed E-state index contributed by atoms with van der Waals surface area (Å²) in [6, 6.07) is 13.2. The standard InChI is InChI=1S/C19H20BrN5O2S/c1-3-27-14-7-5-13(6-8-14)18-23-24-19(25(18)21)28-11-17(26)22-16-9-4-12(2)10-15(16)20/h4-10H,3,11,21H2,1-2H3,(H,22,26). The van der Waals surface area contributed by atoms with Crippen molar-refractivity contribution in [3.05, 3.63) is 52.5 Å². The second-order valence-corrected chi connectivity index (χ2v) is 7.75. The van der Waals surface area contributed by atoms with Crippen molar-refractivity contribution in [1.82, 2.24) is 14.9 Å². The highest BCUT2D eigenvalue weighted by Gasteiger charge is 2.14. The molecule has 1 heterocycles. The molecule has 2 aromatic carbocycles. The summed E-state index contributed by atoms with van der Waals surface area (Å²) in [6.45, 7) is 4.53. The number of hydrogen-bond acceptors (Lipinski definition) is 6. The molecule has 3 aromatic rings. The number of nitrogens with two attached hydrogens (primary N) is 1. The molecule has 7 nitrogen and oxygen atoms in total. The summed E-state index contributed by atoms with van der Waals surface area (Å²) in [5.74, 6) is 7.43. The topological polar surface area (TPSA) is 95.1 Å². The van der Waals surface area contributed by atoms with Crippen molar-refractivity contribution >= 4 is 39.3 Å². The molecular formula is C19H20BrN5O2S. The fourth-order valence-corrected chi connectivity index (χ4v) is 3.73. The number of benzene rings is 2. The molecule has 0 spiro atoms. The number of nitrogens with zero attached hydrogens (tertiary/aromatic N) is 3. The highest BCUT2D eigenvalue weighted by molar-refractivity contribution is 9.10. The summed E-state index contributed by atoms with van der Waals surface area (Å²) in [7, 11) is 0. The number of thioether (sulfide) groups is 1. The van der Waals surface area contributed by atoms with Crippen LogP contribution in [0, 0.1) is 6.92 Å². The van der Waals surface area contributed by atoms with Gasteiger partial charge >= 0.3 is 0 Å². The van der Waals surface area contributed by atoms with Crippen molar-refractivity contribution in [3.8, 4) is 17.1 Å². The Labute approximate surface area is 175 Å². The molecule has 0 fully saturated rings. The van der Waals surface area contributed by atoms with Gasteiger partial charge in [0.15, 0.2) is 5.82 Å². The van der Waals surface area contributed by atoms with E-state index in [-0.39, 0.29) is 11.7 Å². The molecule has 0 saturated carbocycles. The van der Waals surface area contributed by atoms with E-state index in [1.54, 1.807) is 0 Å². The fraction of sp³-hybridized carbons (Fsp3) is 0.211. The van der Waals surface area contributed by atoms with Gasteiger partial charge in [-0.3, -0.25) is 4.79 Å². The molecule has 0 aliphatic carbocycles. The minimum atomic E-state index is -0.153. The van der Waals surface area contributed by atoms with Crippen molar-refractivity contribution in [2.45, 2.75) is 19.0 Å². The Hall–Kier alpha value is -2.52. The van der Waals surface area contributed by atoms with E-state index >= 15 is 0 Å². The average Bonchev–Trinajstić information content (AvgIpc) is 3.04. The zero-order chi connectivity index (χ0) is 20.1. The summed E-state index contributed by atoms with van der Waals surface area (Å²) in [5.41, 5.74) is 2.65. The van der Waals surface area contributed by atoms with E-state index in [1.165, 1.54) is 16.4 Å². The number of nitrogens with one attached hydrogen (secondary N) is 1. The molecular weight excluding hydrogens is 442 g/mol. The molecule has 9 heteroatoms. The third-order valence-electron chi connectivity index (χ3n) is 3.82. The Balaban J connectivity index is 1.63. The number of carbonyl (C=O) groups excluding carboxylic acids is 1. The highest BCUT2D eigenvalue weighted by Crippen LogP contribution is 2.25. The van der Waals surface area contributed by atoms with Crippen LogP contribution >= 0.6 is 27.7 Å². The maximum Gasteiger partial charge on any atom is 0.234 e. The van der Waals surface area contributed by atoms with Crippen LogP contribution in [0.2, 0.25) is 0 Å². The van der Waals surface area contributed by atoms with Gasteiger partial charge in [-0.15, -0.1) is 10.2 Å². The monoisotopic (exact) mass is 461 g/mol. The Bertz CT molecular complexity index is 975. The van der Waals surface area contributed by atoms with Crippen LogP contribution in [0.15, 0.2) is 52.1 Å². The molecule has 1 aromatic heterocycles. The molecule has 0 radical (unpaired) electrons. The number of aromatic nitrogens is 3. The predicted molar refractivity (Wildman–Crippen MR) is 115 cm³/mol. The van der Waals surface area contributed by atoms with Crippen molar-refractivity contribution in [2.75, 3.05) is 23.5 Å². The first kappa shape index (κ1) is 20.2. The molecule has 0 atom stereocenters. The van der Waals surface area contributed by atoms with Crippen molar-refractivity contribution < 1.29 is 9.53 Å². The lowest BCUT2D eigenvalue weighted by Crippen LogP contribution is -2.16. The molecule has 0 aliphatic rings. The molecule has 28 heavy (non-hydrogen) atoms. The number of ether oxygens (including phenoxy) is 1. The van der Waals surface area contributed by atoms with E-state index in [0.717, 1.165) is 27.0 Å². The van der Waals surface area contributed by atoms with Crippen molar-refractivity contribution in [1.29, 1.82) is 0 Å². The Kier molecular flexibility index (Phi) is 6.58. The number of aryl methyl sites for hydroxylation is 1. The lowest BCUT2D eigenvalue weighted by Gasteiger charge is -2.08. The first-order valence-corrected chi connectivity index (χ1v) is 10.4. The van der Waals surface area contributed by atoms with Crippen LogP contribution in [0.25, 0.3) is 11.4 Å². The minimum Gasteiger partial charge on any atom is -0.494 e. The normalized spacial score (nSPS) is 10.7. The summed E-state index contributed by atoms with van der Waals surface area (Å²) < 4.78 is 7.66. The fourth-order valence-electron chi connectivity index (χ4n) is 2.48. The van der Waals surface area contributed by atoms with Gasteiger partial charge in [0.25, 0.3) is 0 Å². The maximum atomic E-state index is 12.2. The van der Waals surface area contributed by atoms with Gasteiger partial charge < -0.3 is 15.9 Å². The molecule has 3 rings (SSSR count). The summed E-state index contributed by atoms with van der Waals surface area (Å²) >= 11 is 4.67. The third-order valence-corrected chi connectivity index (χ3v) is 5.42. The van der Waals surface area contributed by atoms with Crippen LogP contribution in [-0.2, 0) is 4.79 Å². The van der Waals surface area contributed by atoms with Crippen molar-refractivity contribution in [2.24, 2.45) is 0 Å². The van der Waals surface area contributed by atoms with Gasteiger partial charge in [-0.2, -0.15) is 0 Å². The second-order valence-electron chi connectivity index (χ2n) is 5.95. The molecule has 1 amide bonds. The largest absolute Gasteiger partial charge is 0.494 e. The highest BCUT2D eigenvalue weighted by atomic mass is 79.9. The van der Waals surface area contributed by atoms with Gasteiger partial charge in [-0.05, 0) is 71.7 Å². The summed E-state index contributed by atoms with van der Waals surface area (Å²) in [6.07, 6.45) is 0. The number of hydrogen-bond donors (Lipinski definition) is 2. The molecule has 0 aliphatic heterocycles. The van der Waals surface area contributed by atoms with Gasteiger partial charge in [-0.1, -0.05) is 17.8 Å². The van der Waals surface area contributed by atoms with E-state index in [2.05, 4.69) is 31.4 Å². The van der Waals surface area contributed by atoms with Gasteiger partial charge in [0.05, 0.1) is 18.0 Å².